The number of hydrogen-bond acceptors (Lipinski definition) is 1. The minimum Gasteiger partial charge on any atom is -0.323 e. The molecule has 0 spiro atoms. The van der Waals surface area contributed by atoms with Crippen molar-refractivity contribution in [1.29, 1.82) is 0 Å². The van der Waals surface area contributed by atoms with Gasteiger partial charge in [-0.05, 0) is 81.6 Å². The largest absolute Gasteiger partial charge is 0.323 e. The van der Waals surface area contributed by atoms with Gasteiger partial charge in [-0.25, -0.2) is 0 Å². The van der Waals surface area contributed by atoms with Crippen molar-refractivity contribution in [2.24, 2.45) is 0 Å². The molecule has 1 nitrogen and oxygen atoms in total. The number of rotatable bonds is 5. The van der Waals surface area contributed by atoms with E-state index >= 15 is 0 Å². The quantitative estimate of drug-likeness (QED) is 0.562. The molecule has 0 amide bonds. The van der Waals surface area contributed by atoms with Crippen LogP contribution in [0.4, 0.5) is 0 Å². The normalized spacial score (nSPS) is 11.8. The van der Waals surface area contributed by atoms with Crippen LogP contribution in [0.3, 0.4) is 0 Å². The Labute approximate surface area is 157 Å². The molecule has 0 heterocycles. The Morgan fingerprint density at radius 2 is 1.64 bits per heavy atom. The Balaban J connectivity index is 0. The average Bonchev–Trinajstić information content (AvgIpc) is 2.60. The van der Waals surface area contributed by atoms with Crippen molar-refractivity contribution in [3.8, 4) is 0 Å². The second kappa shape index (κ2) is 15.7. The molecule has 0 aliphatic heterocycles. The van der Waals surface area contributed by atoms with Crippen molar-refractivity contribution in [2.45, 2.75) is 54.9 Å². The highest BCUT2D eigenvalue weighted by Crippen LogP contribution is 2.31. The molecule has 0 aliphatic carbocycles. The minimum atomic E-state index is 0.998. The van der Waals surface area contributed by atoms with Gasteiger partial charge in [0.05, 0.1) is 0 Å². The van der Waals surface area contributed by atoms with Gasteiger partial charge in [0.2, 0.25) is 0 Å². The lowest BCUT2D eigenvalue weighted by Gasteiger charge is -2.16. The van der Waals surface area contributed by atoms with Gasteiger partial charge in [-0.3, -0.25) is 0 Å². The molecule has 1 N–H and O–H groups in total. The van der Waals surface area contributed by atoms with Crippen LogP contribution in [0, 0.1) is 6.92 Å². The summed E-state index contributed by atoms with van der Waals surface area (Å²) in [5.74, 6) is 0. The lowest BCUT2D eigenvalue weighted by Crippen LogP contribution is -1.96. The van der Waals surface area contributed by atoms with E-state index in [-0.39, 0.29) is 0 Å². The van der Waals surface area contributed by atoms with Crippen LogP contribution in [0.2, 0.25) is 0 Å². The molecule has 140 valence electrons. The van der Waals surface area contributed by atoms with Crippen molar-refractivity contribution in [3.63, 3.8) is 0 Å². The van der Waals surface area contributed by atoms with E-state index in [1.165, 1.54) is 27.8 Å². The van der Waals surface area contributed by atoms with Crippen LogP contribution < -0.4 is 5.32 Å². The minimum absolute atomic E-state index is 0.998. The van der Waals surface area contributed by atoms with E-state index in [0.29, 0.717) is 0 Å². The van der Waals surface area contributed by atoms with Gasteiger partial charge in [-0.1, -0.05) is 69.8 Å². The van der Waals surface area contributed by atoms with Crippen LogP contribution in [0.5, 0.6) is 0 Å². The van der Waals surface area contributed by atoms with Gasteiger partial charge in [0.25, 0.3) is 0 Å². The predicted octanol–water partition coefficient (Wildman–Crippen LogP) is 7.12. The molecule has 0 saturated heterocycles. The van der Waals surface area contributed by atoms with E-state index in [4.69, 9.17) is 0 Å². The summed E-state index contributed by atoms with van der Waals surface area (Å²) in [6.07, 6.45) is 7.34. The topological polar surface area (TPSA) is 12.0 Å². The molecule has 0 atom stereocenters. The standard InChI is InChI=1S/C20H26.C2H7N.C2H6/c1-7-12-15(4)18(8-2)17(6)19(9-3)20-14-11-10-13-16(20)5;1-3-2;1-2/h7,9-14H,4,8H2,1-3,5-6H3;3H,1-2H3;1-2H3/b12-7-,18-17+,19-9-;;. The average molecular weight is 342 g/mol. The van der Waals surface area contributed by atoms with E-state index in [0.717, 1.165) is 12.0 Å². The predicted molar refractivity (Wildman–Crippen MR) is 118 cm³/mol. The van der Waals surface area contributed by atoms with Crippen LogP contribution in [-0.2, 0) is 0 Å². The fraction of sp³-hybridized carbons (Fsp3) is 0.417. The second-order valence-electron chi connectivity index (χ2n) is 5.50. The van der Waals surface area contributed by atoms with Crippen molar-refractivity contribution in [1.82, 2.24) is 5.32 Å². The second-order valence-corrected chi connectivity index (χ2v) is 5.50. The first kappa shape index (κ1) is 25.4. The first-order valence-electron chi connectivity index (χ1n) is 9.31. The zero-order chi connectivity index (χ0) is 19.8. The molecule has 0 radical (unpaired) electrons. The summed E-state index contributed by atoms with van der Waals surface area (Å²) >= 11 is 0. The lowest BCUT2D eigenvalue weighted by molar-refractivity contribution is 1.02. The Morgan fingerprint density at radius 1 is 1.12 bits per heavy atom. The van der Waals surface area contributed by atoms with E-state index in [1.807, 2.05) is 40.9 Å². The summed E-state index contributed by atoms with van der Waals surface area (Å²) in [5, 5.41) is 2.75. The Bertz CT molecular complexity index is 586. The summed E-state index contributed by atoms with van der Waals surface area (Å²) in [6, 6.07) is 8.55. The molecule has 0 aromatic heterocycles. The summed E-state index contributed by atoms with van der Waals surface area (Å²) in [5.41, 5.74) is 7.71. The summed E-state index contributed by atoms with van der Waals surface area (Å²) < 4.78 is 0. The molecule has 1 heteroatoms. The van der Waals surface area contributed by atoms with Crippen LogP contribution in [0.1, 0.15) is 59.1 Å². The van der Waals surface area contributed by atoms with Crippen LogP contribution >= 0.6 is 0 Å². The van der Waals surface area contributed by atoms with Gasteiger partial charge in [-0.2, -0.15) is 0 Å². The fourth-order valence-corrected chi connectivity index (χ4v) is 2.65. The third-order valence-electron chi connectivity index (χ3n) is 3.69. The first-order valence-corrected chi connectivity index (χ1v) is 9.31. The molecule has 1 aromatic rings. The molecule has 0 bridgehead atoms. The van der Waals surface area contributed by atoms with Gasteiger partial charge >= 0.3 is 0 Å². The van der Waals surface area contributed by atoms with Crippen molar-refractivity contribution in [3.05, 3.63) is 76.9 Å². The smallest absolute Gasteiger partial charge is 0.0155 e. The van der Waals surface area contributed by atoms with Gasteiger partial charge in [0.1, 0.15) is 0 Å². The number of allylic oxidation sites excluding steroid dienone is 7. The van der Waals surface area contributed by atoms with E-state index in [1.54, 1.807) is 0 Å². The fourth-order valence-electron chi connectivity index (χ4n) is 2.65. The molecular weight excluding hydrogens is 302 g/mol. The maximum absolute atomic E-state index is 4.20. The monoisotopic (exact) mass is 341 g/mol. The number of nitrogens with one attached hydrogen (secondary N) is 1. The number of hydrogen-bond donors (Lipinski definition) is 1. The van der Waals surface area contributed by atoms with Gasteiger partial charge in [-0.15, -0.1) is 0 Å². The SMILES string of the molecule is C=C(/C=C\C)/C(CC)=C(C)/C(=C/C)c1ccccc1C.CC.CNC. The molecule has 25 heavy (non-hydrogen) atoms. The Hall–Kier alpha value is -1.86. The summed E-state index contributed by atoms with van der Waals surface area (Å²) in [6.45, 7) is 18.9. The molecule has 0 unspecified atom stereocenters. The molecule has 1 rings (SSSR count). The van der Waals surface area contributed by atoms with Crippen molar-refractivity contribution >= 4 is 5.57 Å². The third-order valence-corrected chi connectivity index (χ3v) is 3.69. The first-order chi connectivity index (χ1) is 12.0. The summed E-state index contributed by atoms with van der Waals surface area (Å²) in [4.78, 5) is 0. The van der Waals surface area contributed by atoms with Crippen molar-refractivity contribution in [2.75, 3.05) is 14.1 Å². The molecule has 0 fully saturated rings. The van der Waals surface area contributed by atoms with Gasteiger partial charge in [0.15, 0.2) is 0 Å². The van der Waals surface area contributed by atoms with Crippen LogP contribution in [-0.4, -0.2) is 14.1 Å². The van der Waals surface area contributed by atoms with Gasteiger partial charge in [0, 0.05) is 0 Å². The lowest BCUT2D eigenvalue weighted by atomic mass is 9.88. The van der Waals surface area contributed by atoms with Crippen LogP contribution in [0.25, 0.3) is 5.57 Å². The van der Waals surface area contributed by atoms with E-state index < -0.39 is 0 Å². The molecule has 1 aromatic carbocycles. The Morgan fingerprint density at radius 3 is 2.04 bits per heavy atom. The highest BCUT2D eigenvalue weighted by Gasteiger charge is 2.10. The summed E-state index contributed by atoms with van der Waals surface area (Å²) in [7, 11) is 3.75. The molecular formula is C24H39N. The number of benzene rings is 1. The Kier molecular flexibility index (Phi) is 15.9. The highest BCUT2D eigenvalue weighted by molar-refractivity contribution is 5.81. The molecule has 0 aliphatic rings. The maximum atomic E-state index is 4.20. The van der Waals surface area contributed by atoms with Crippen LogP contribution in [0.15, 0.2) is 65.8 Å². The van der Waals surface area contributed by atoms with Crippen molar-refractivity contribution < 1.29 is 0 Å². The van der Waals surface area contributed by atoms with E-state index in [9.17, 15) is 0 Å². The van der Waals surface area contributed by atoms with E-state index in [2.05, 4.69) is 76.0 Å². The number of aryl methyl sites for hydroxylation is 1. The third kappa shape index (κ3) is 8.69. The zero-order valence-corrected chi connectivity index (χ0v) is 18.0. The maximum Gasteiger partial charge on any atom is -0.0155 e. The molecule has 0 saturated carbocycles. The zero-order valence-electron chi connectivity index (χ0n) is 18.0. The van der Waals surface area contributed by atoms with Gasteiger partial charge < -0.3 is 5.32 Å². The highest BCUT2D eigenvalue weighted by atomic mass is 14.7.